The summed E-state index contributed by atoms with van der Waals surface area (Å²) in [6.07, 6.45) is 2.39. The van der Waals surface area contributed by atoms with Gasteiger partial charge in [0.2, 0.25) is 0 Å². The average Bonchev–Trinajstić information content (AvgIpc) is 2.74. The number of hydrogen-bond donors (Lipinski definition) is 1. The molecular formula is C13H25N3O2S. The van der Waals surface area contributed by atoms with Crippen LogP contribution in [0, 0.1) is 5.92 Å². The highest BCUT2D eigenvalue weighted by Gasteiger charge is 2.11. The largest absolute Gasteiger partial charge is 0.311 e. The van der Waals surface area contributed by atoms with Gasteiger partial charge in [0.25, 0.3) is 0 Å². The van der Waals surface area contributed by atoms with Crippen LogP contribution < -0.4 is 5.32 Å². The number of aromatic nitrogens is 2. The van der Waals surface area contributed by atoms with E-state index in [1.54, 1.807) is 10.9 Å². The smallest absolute Gasteiger partial charge is 0.152 e. The van der Waals surface area contributed by atoms with Gasteiger partial charge in [0, 0.05) is 18.5 Å². The van der Waals surface area contributed by atoms with Crippen molar-refractivity contribution in [1.29, 1.82) is 0 Å². The fourth-order valence-electron chi connectivity index (χ4n) is 1.84. The molecule has 1 heterocycles. The standard InChI is InChI=1S/C13H25N3O2S/c1-4-8-19(17,18)9-7-16-13(5-6-15-16)11-14-10-12(2)3/h5-6,12,14H,4,7-11H2,1-3H3. The van der Waals surface area contributed by atoms with E-state index >= 15 is 0 Å². The molecule has 0 aromatic carbocycles. The highest BCUT2D eigenvalue weighted by Crippen LogP contribution is 2.02. The zero-order valence-corrected chi connectivity index (χ0v) is 12.9. The van der Waals surface area contributed by atoms with Crippen molar-refractivity contribution in [2.24, 2.45) is 5.92 Å². The van der Waals surface area contributed by atoms with Gasteiger partial charge in [-0.1, -0.05) is 20.8 Å². The van der Waals surface area contributed by atoms with Crippen LogP contribution in [0.3, 0.4) is 0 Å². The number of hydrogen-bond acceptors (Lipinski definition) is 4. The van der Waals surface area contributed by atoms with E-state index in [0.29, 0.717) is 18.9 Å². The van der Waals surface area contributed by atoms with E-state index in [1.165, 1.54) is 0 Å². The van der Waals surface area contributed by atoms with Gasteiger partial charge in [0.15, 0.2) is 9.84 Å². The van der Waals surface area contributed by atoms with Crippen molar-refractivity contribution in [3.05, 3.63) is 18.0 Å². The van der Waals surface area contributed by atoms with Crippen LogP contribution in [-0.4, -0.2) is 36.2 Å². The zero-order valence-electron chi connectivity index (χ0n) is 12.1. The molecule has 0 saturated heterocycles. The molecule has 0 aliphatic carbocycles. The molecule has 19 heavy (non-hydrogen) atoms. The van der Waals surface area contributed by atoms with Crippen LogP contribution >= 0.6 is 0 Å². The SMILES string of the molecule is CCCS(=O)(=O)CCn1nccc1CNCC(C)C. The molecule has 1 rings (SSSR count). The summed E-state index contributed by atoms with van der Waals surface area (Å²) in [6.45, 7) is 8.30. The summed E-state index contributed by atoms with van der Waals surface area (Å²) in [6, 6.07) is 1.93. The molecule has 110 valence electrons. The number of nitrogens with one attached hydrogen (secondary N) is 1. The number of sulfone groups is 1. The molecule has 1 aromatic heterocycles. The first-order valence-electron chi connectivity index (χ1n) is 6.86. The Balaban J connectivity index is 2.49. The summed E-state index contributed by atoms with van der Waals surface area (Å²) in [4.78, 5) is 0. The lowest BCUT2D eigenvalue weighted by atomic mass is 10.2. The molecule has 0 aliphatic heterocycles. The Kier molecular flexibility index (Phi) is 6.51. The fourth-order valence-corrected chi connectivity index (χ4v) is 3.12. The molecule has 0 saturated carbocycles. The summed E-state index contributed by atoms with van der Waals surface area (Å²) in [7, 11) is -2.94. The van der Waals surface area contributed by atoms with Gasteiger partial charge in [-0.15, -0.1) is 0 Å². The normalized spacial score (nSPS) is 12.2. The molecule has 0 spiro atoms. The summed E-state index contributed by atoms with van der Waals surface area (Å²) in [5.74, 6) is 1.02. The van der Waals surface area contributed by atoms with Gasteiger partial charge in [-0.3, -0.25) is 4.68 Å². The molecule has 0 unspecified atom stereocenters. The van der Waals surface area contributed by atoms with Gasteiger partial charge in [-0.25, -0.2) is 8.42 Å². The molecule has 6 heteroatoms. The van der Waals surface area contributed by atoms with Crippen molar-refractivity contribution in [1.82, 2.24) is 15.1 Å². The van der Waals surface area contributed by atoms with Crippen LogP contribution in [0.15, 0.2) is 12.3 Å². The van der Waals surface area contributed by atoms with E-state index in [1.807, 2.05) is 13.0 Å². The Hall–Kier alpha value is -0.880. The van der Waals surface area contributed by atoms with Crippen molar-refractivity contribution in [3.63, 3.8) is 0 Å². The van der Waals surface area contributed by atoms with Gasteiger partial charge in [0.1, 0.15) is 0 Å². The van der Waals surface area contributed by atoms with Crippen LogP contribution in [0.25, 0.3) is 0 Å². The monoisotopic (exact) mass is 287 g/mol. The molecule has 0 bridgehead atoms. The summed E-state index contributed by atoms with van der Waals surface area (Å²) in [5.41, 5.74) is 1.03. The summed E-state index contributed by atoms with van der Waals surface area (Å²) >= 11 is 0. The zero-order chi connectivity index (χ0) is 14.3. The predicted octanol–water partition coefficient (Wildman–Crippen LogP) is 1.45. The minimum atomic E-state index is -2.94. The van der Waals surface area contributed by atoms with E-state index in [-0.39, 0.29) is 11.5 Å². The van der Waals surface area contributed by atoms with Gasteiger partial charge in [-0.2, -0.15) is 5.10 Å². The van der Waals surface area contributed by atoms with Crippen molar-refractivity contribution >= 4 is 9.84 Å². The third kappa shape index (κ3) is 6.20. The predicted molar refractivity (Wildman–Crippen MR) is 77.7 cm³/mol. The minimum absolute atomic E-state index is 0.166. The van der Waals surface area contributed by atoms with Crippen LogP contribution in [0.4, 0.5) is 0 Å². The molecule has 5 nitrogen and oxygen atoms in total. The molecular weight excluding hydrogens is 262 g/mol. The third-order valence-corrected chi connectivity index (χ3v) is 4.63. The Morgan fingerprint density at radius 1 is 1.37 bits per heavy atom. The van der Waals surface area contributed by atoms with E-state index < -0.39 is 9.84 Å². The lowest BCUT2D eigenvalue weighted by Crippen LogP contribution is -2.23. The van der Waals surface area contributed by atoms with Crippen LogP contribution in [0.2, 0.25) is 0 Å². The molecule has 0 radical (unpaired) electrons. The van der Waals surface area contributed by atoms with Crippen molar-refractivity contribution in [3.8, 4) is 0 Å². The lowest BCUT2D eigenvalue weighted by Gasteiger charge is -2.10. The third-order valence-electron chi connectivity index (χ3n) is 2.79. The van der Waals surface area contributed by atoms with E-state index in [2.05, 4.69) is 24.3 Å². The van der Waals surface area contributed by atoms with Gasteiger partial charge in [-0.05, 0) is 24.9 Å². The van der Waals surface area contributed by atoms with E-state index in [0.717, 1.165) is 18.8 Å². The van der Waals surface area contributed by atoms with E-state index in [9.17, 15) is 8.42 Å². The summed E-state index contributed by atoms with van der Waals surface area (Å²) in [5, 5.41) is 7.53. The first-order chi connectivity index (χ1) is 8.94. The number of nitrogens with zero attached hydrogens (tertiary/aromatic N) is 2. The van der Waals surface area contributed by atoms with Crippen molar-refractivity contribution in [2.75, 3.05) is 18.1 Å². The fraction of sp³-hybridized carbons (Fsp3) is 0.769. The second-order valence-corrected chi connectivity index (χ2v) is 7.53. The molecule has 1 N–H and O–H groups in total. The highest BCUT2D eigenvalue weighted by atomic mass is 32.2. The second-order valence-electron chi connectivity index (χ2n) is 5.22. The van der Waals surface area contributed by atoms with Crippen molar-refractivity contribution < 1.29 is 8.42 Å². The van der Waals surface area contributed by atoms with Crippen LogP contribution in [0.5, 0.6) is 0 Å². The maximum absolute atomic E-state index is 11.7. The molecule has 0 amide bonds. The minimum Gasteiger partial charge on any atom is -0.311 e. The second kappa shape index (κ2) is 7.65. The molecule has 0 aliphatic rings. The molecule has 0 atom stereocenters. The Morgan fingerprint density at radius 3 is 2.74 bits per heavy atom. The maximum atomic E-state index is 11.7. The first kappa shape index (κ1) is 16.2. The highest BCUT2D eigenvalue weighted by molar-refractivity contribution is 7.91. The summed E-state index contributed by atoms with van der Waals surface area (Å²) < 4.78 is 25.1. The van der Waals surface area contributed by atoms with Crippen LogP contribution in [-0.2, 0) is 22.9 Å². The lowest BCUT2D eigenvalue weighted by molar-refractivity contribution is 0.523. The van der Waals surface area contributed by atoms with Crippen molar-refractivity contribution in [2.45, 2.75) is 40.3 Å². The van der Waals surface area contributed by atoms with E-state index in [4.69, 9.17) is 0 Å². The van der Waals surface area contributed by atoms with Crippen LogP contribution in [0.1, 0.15) is 32.9 Å². The Bertz CT molecular complexity index is 466. The van der Waals surface area contributed by atoms with Gasteiger partial charge in [0.05, 0.1) is 18.0 Å². The quantitative estimate of drug-likeness (QED) is 0.747. The Labute approximate surface area is 116 Å². The molecule has 1 aromatic rings. The molecule has 0 fully saturated rings. The van der Waals surface area contributed by atoms with Gasteiger partial charge < -0.3 is 5.32 Å². The first-order valence-corrected chi connectivity index (χ1v) is 8.68. The Morgan fingerprint density at radius 2 is 2.11 bits per heavy atom. The number of rotatable bonds is 9. The van der Waals surface area contributed by atoms with Gasteiger partial charge >= 0.3 is 0 Å². The average molecular weight is 287 g/mol. The maximum Gasteiger partial charge on any atom is 0.152 e. The number of aryl methyl sites for hydroxylation is 1. The topological polar surface area (TPSA) is 64.0 Å².